The predicted octanol–water partition coefficient (Wildman–Crippen LogP) is 1.72. The van der Waals surface area contributed by atoms with Crippen LogP contribution in [0.2, 0.25) is 0 Å². The summed E-state index contributed by atoms with van der Waals surface area (Å²) in [6, 6.07) is 7.46. The number of nitrogens with zero attached hydrogens (tertiary/aromatic N) is 1. The highest BCUT2D eigenvalue weighted by atomic mass is 32.2. The van der Waals surface area contributed by atoms with E-state index in [-0.39, 0.29) is 11.7 Å². The van der Waals surface area contributed by atoms with Crippen molar-refractivity contribution in [1.29, 1.82) is 0 Å². The third-order valence-corrected chi connectivity index (χ3v) is 4.90. The number of thioether (sulfide) groups is 1. The number of benzene rings is 1. The van der Waals surface area contributed by atoms with Crippen molar-refractivity contribution >= 4 is 23.5 Å². The van der Waals surface area contributed by atoms with Gasteiger partial charge in [-0.05, 0) is 31.1 Å². The summed E-state index contributed by atoms with van der Waals surface area (Å²) in [5.41, 5.74) is 7.06. The lowest BCUT2D eigenvalue weighted by atomic mass is 10.1. The van der Waals surface area contributed by atoms with Gasteiger partial charge in [-0.2, -0.15) is 11.8 Å². The summed E-state index contributed by atoms with van der Waals surface area (Å²) in [6.45, 7) is 0. The monoisotopic (exact) mass is 307 g/mol. The first-order chi connectivity index (χ1) is 10.1. The van der Waals surface area contributed by atoms with Gasteiger partial charge in [0.2, 0.25) is 5.91 Å². The molecule has 21 heavy (non-hydrogen) atoms. The number of nitrogens with one attached hydrogen (secondary N) is 1. The second-order valence-electron chi connectivity index (χ2n) is 5.29. The molecule has 0 heterocycles. The molecule has 1 fully saturated rings. The highest BCUT2D eigenvalue weighted by Gasteiger charge is 2.24. The van der Waals surface area contributed by atoms with E-state index in [4.69, 9.17) is 10.9 Å². The molecule has 0 radical (unpaired) electrons. The Morgan fingerprint density at radius 1 is 1.43 bits per heavy atom. The molecule has 0 aliphatic heterocycles. The fourth-order valence-electron chi connectivity index (χ4n) is 2.60. The molecule has 5 nitrogen and oxygen atoms in total. The first-order valence-corrected chi connectivity index (χ1v) is 8.30. The Balaban J connectivity index is 1.85. The van der Waals surface area contributed by atoms with E-state index in [0.29, 0.717) is 23.3 Å². The van der Waals surface area contributed by atoms with Crippen molar-refractivity contribution in [2.24, 2.45) is 10.9 Å². The van der Waals surface area contributed by atoms with Crippen LogP contribution < -0.4 is 11.1 Å². The van der Waals surface area contributed by atoms with E-state index in [1.54, 1.807) is 12.1 Å². The van der Waals surface area contributed by atoms with Crippen LogP contribution in [0.3, 0.4) is 0 Å². The minimum Gasteiger partial charge on any atom is -0.409 e. The average Bonchev–Trinajstić information content (AvgIpc) is 2.94. The van der Waals surface area contributed by atoms with Crippen LogP contribution in [0.1, 0.15) is 30.4 Å². The Kier molecular flexibility index (Phi) is 5.50. The molecule has 4 N–H and O–H groups in total. The third-order valence-electron chi connectivity index (χ3n) is 3.81. The lowest BCUT2D eigenvalue weighted by Gasteiger charge is -2.13. The Labute approximate surface area is 129 Å². The molecule has 1 aliphatic rings. The van der Waals surface area contributed by atoms with Crippen LogP contribution in [0.4, 0.5) is 0 Å². The molecule has 1 aromatic carbocycles. The van der Waals surface area contributed by atoms with Crippen LogP contribution in [-0.4, -0.2) is 34.5 Å². The van der Waals surface area contributed by atoms with Crippen LogP contribution >= 0.6 is 11.8 Å². The SMILES string of the molecule is CSC1CCC(NC(=O)Cc2ccc(/C(N)=N/O)cc2)C1. The molecular weight excluding hydrogens is 286 g/mol. The summed E-state index contributed by atoms with van der Waals surface area (Å²) >= 11 is 1.88. The molecule has 2 unspecified atom stereocenters. The van der Waals surface area contributed by atoms with Crippen molar-refractivity contribution in [2.45, 2.75) is 37.0 Å². The molecule has 0 spiro atoms. The van der Waals surface area contributed by atoms with Gasteiger partial charge < -0.3 is 16.3 Å². The lowest BCUT2D eigenvalue weighted by molar-refractivity contribution is -0.121. The second-order valence-corrected chi connectivity index (χ2v) is 6.43. The van der Waals surface area contributed by atoms with Gasteiger partial charge in [0.05, 0.1) is 6.42 Å². The van der Waals surface area contributed by atoms with Crippen LogP contribution in [0.15, 0.2) is 29.4 Å². The fourth-order valence-corrected chi connectivity index (χ4v) is 3.40. The number of amides is 1. The second kappa shape index (κ2) is 7.36. The van der Waals surface area contributed by atoms with Gasteiger partial charge in [0.25, 0.3) is 0 Å². The first kappa shape index (κ1) is 15.7. The topological polar surface area (TPSA) is 87.7 Å². The molecule has 6 heteroatoms. The first-order valence-electron chi connectivity index (χ1n) is 7.01. The van der Waals surface area contributed by atoms with Gasteiger partial charge in [0, 0.05) is 16.9 Å². The molecule has 0 aromatic heterocycles. The van der Waals surface area contributed by atoms with Crippen LogP contribution in [0.5, 0.6) is 0 Å². The van der Waals surface area contributed by atoms with Crippen molar-refractivity contribution in [3.63, 3.8) is 0 Å². The number of amidine groups is 1. The highest BCUT2D eigenvalue weighted by molar-refractivity contribution is 7.99. The van der Waals surface area contributed by atoms with Crippen LogP contribution in [-0.2, 0) is 11.2 Å². The van der Waals surface area contributed by atoms with E-state index in [1.165, 1.54) is 6.42 Å². The maximum absolute atomic E-state index is 12.0. The minimum atomic E-state index is 0.0540. The number of rotatable bonds is 5. The summed E-state index contributed by atoms with van der Waals surface area (Å²) in [7, 11) is 0. The summed E-state index contributed by atoms with van der Waals surface area (Å²) in [4.78, 5) is 12.0. The third kappa shape index (κ3) is 4.39. The lowest BCUT2D eigenvalue weighted by Crippen LogP contribution is -2.34. The van der Waals surface area contributed by atoms with E-state index in [9.17, 15) is 4.79 Å². The van der Waals surface area contributed by atoms with E-state index in [1.807, 2.05) is 23.9 Å². The number of carbonyl (C=O) groups excluding carboxylic acids is 1. The molecule has 0 bridgehead atoms. The molecule has 2 atom stereocenters. The van der Waals surface area contributed by atoms with E-state index >= 15 is 0 Å². The summed E-state index contributed by atoms with van der Waals surface area (Å²) < 4.78 is 0. The Morgan fingerprint density at radius 2 is 2.14 bits per heavy atom. The molecular formula is C15H21N3O2S. The molecule has 1 saturated carbocycles. The minimum absolute atomic E-state index is 0.0540. The maximum atomic E-state index is 12.0. The summed E-state index contributed by atoms with van der Waals surface area (Å²) in [5, 5.41) is 15.3. The smallest absolute Gasteiger partial charge is 0.224 e. The quantitative estimate of drug-likeness (QED) is 0.334. The number of nitrogens with two attached hydrogens (primary N) is 1. The molecule has 1 aliphatic carbocycles. The predicted molar refractivity (Wildman–Crippen MR) is 85.7 cm³/mol. The standard InChI is InChI=1S/C15H21N3O2S/c1-21-13-7-6-12(9-13)17-14(19)8-10-2-4-11(5-3-10)15(16)18-20/h2-5,12-13,20H,6-9H2,1H3,(H2,16,18)(H,17,19). The fraction of sp³-hybridized carbons (Fsp3) is 0.467. The van der Waals surface area contributed by atoms with Gasteiger partial charge in [-0.1, -0.05) is 29.4 Å². The van der Waals surface area contributed by atoms with Crippen LogP contribution in [0, 0.1) is 0 Å². The normalized spacial score (nSPS) is 22.2. The van der Waals surface area contributed by atoms with Gasteiger partial charge >= 0.3 is 0 Å². The van der Waals surface area contributed by atoms with Gasteiger partial charge in [0.15, 0.2) is 5.84 Å². The van der Waals surface area contributed by atoms with Crippen molar-refractivity contribution in [1.82, 2.24) is 5.32 Å². The number of hydrogen-bond acceptors (Lipinski definition) is 4. The molecule has 2 rings (SSSR count). The van der Waals surface area contributed by atoms with Gasteiger partial charge in [-0.25, -0.2) is 0 Å². The molecule has 1 amide bonds. The van der Waals surface area contributed by atoms with Crippen molar-refractivity contribution in [3.8, 4) is 0 Å². The molecule has 114 valence electrons. The Morgan fingerprint density at radius 3 is 2.71 bits per heavy atom. The average molecular weight is 307 g/mol. The van der Waals surface area contributed by atoms with Crippen molar-refractivity contribution in [2.75, 3.05) is 6.26 Å². The summed E-state index contributed by atoms with van der Waals surface area (Å²) in [6.07, 6.45) is 5.80. The van der Waals surface area contributed by atoms with E-state index in [2.05, 4.69) is 16.7 Å². The number of hydrogen-bond donors (Lipinski definition) is 3. The molecule has 0 saturated heterocycles. The zero-order valence-corrected chi connectivity index (χ0v) is 12.9. The van der Waals surface area contributed by atoms with Gasteiger partial charge in [0.1, 0.15) is 0 Å². The summed E-state index contributed by atoms with van der Waals surface area (Å²) in [5.74, 6) is 0.123. The zero-order chi connectivity index (χ0) is 15.2. The van der Waals surface area contributed by atoms with Crippen molar-refractivity contribution in [3.05, 3.63) is 35.4 Å². The van der Waals surface area contributed by atoms with Gasteiger partial charge in [-0.3, -0.25) is 4.79 Å². The van der Waals surface area contributed by atoms with Crippen LogP contribution in [0.25, 0.3) is 0 Å². The number of carbonyl (C=O) groups is 1. The van der Waals surface area contributed by atoms with Gasteiger partial charge in [-0.15, -0.1) is 0 Å². The molecule has 1 aromatic rings. The Bertz CT molecular complexity index is 516. The van der Waals surface area contributed by atoms with E-state index < -0.39 is 0 Å². The zero-order valence-electron chi connectivity index (χ0n) is 12.1. The van der Waals surface area contributed by atoms with E-state index in [0.717, 1.165) is 18.4 Å². The Hall–Kier alpha value is -1.69. The number of oxime groups is 1. The van der Waals surface area contributed by atoms with Crippen molar-refractivity contribution < 1.29 is 10.0 Å². The highest BCUT2D eigenvalue weighted by Crippen LogP contribution is 2.28. The largest absolute Gasteiger partial charge is 0.409 e. The maximum Gasteiger partial charge on any atom is 0.224 e.